The number of carboxylic acid groups (broad SMARTS) is 2. The number of hydrogen-bond donors (Lipinski definition) is 3. The molecular weight excluding hydrogens is 318 g/mol. The van der Waals surface area contributed by atoms with Gasteiger partial charge in [0.1, 0.15) is 17.3 Å². The van der Waals surface area contributed by atoms with Gasteiger partial charge in [-0.3, -0.25) is 14.9 Å². The topological polar surface area (TPSA) is 160 Å². The molecule has 3 N–H and O–H groups in total. The largest absolute Gasteiger partial charge is 0.480 e. The minimum absolute atomic E-state index is 0.0743. The van der Waals surface area contributed by atoms with E-state index in [1.807, 2.05) is 0 Å². The van der Waals surface area contributed by atoms with Crippen LogP contribution in [0.1, 0.15) is 17.3 Å². The highest BCUT2D eigenvalue weighted by molar-refractivity contribution is 7.99. The third-order valence-corrected chi connectivity index (χ3v) is 3.44. The Hall–Kier alpha value is -2.69. The van der Waals surface area contributed by atoms with Crippen molar-refractivity contribution in [1.82, 2.24) is 10.3 Å². The first-order valence-electron chi connectivity index (χ1n) is 5.72. The maximum atomic E-state index is 11.1. The number of nitrogens with zero attached hydrogens (tertiary/aromatic N) is 2. The van der Waals surface area contributed by atoms with Crippen LogP contribution in [0.5, 0.6) is 0 Å². The zero-order chi connectivity index (χ0) is 16.9. The predicted molar refractivity (Wildman–Crippen MR) is 73.8 cm³/mol. The van der Waals surface area contributed by atoms with Crippen molar-refractivity contribution < 1.29 is 29.5 Å². The number of carbonyl (C=O) groups excluding carboxylic acids is 1. The van der Waals surface area contributed by atoms with Crippen molar-refractivity contribution in [3.63, 3.8) is 0 Å². The first kappa shape index (κ1) is 17.4. The lowest BCUT2D eigenvalue weighted by Crippen LogP contribution is -2.41. The molecular formula is C11H11N3O7S. The van der Waals surface area contributed by atoms with Gasteiger partial charge in [-0.05, 0) is 0 Å². The van der Waals surface area contributed by atoms with Crippen molar-refractivity contribution in [2.45, 2.75) is 18.0 Å². The number of carboxylic acids is 2. The number of pyridine rings is 1. The van der Waals surface area contributed by atoms with Crippen molar-refractivity contribution in [1.29, 1.82) is 0 Å². The van der Waals surface area contributed by atoms with Crippen LogP contribution in [0, 0.1) is 10.1 Å². The number of aliphatic carboxylic acids is 1. The number of aromatic carboxylic acids is 1. The molecule has 11 heteroatoms. The summed E-state index contributed by atoms with van der Waals surface area (Å²) in [6, 6.07) is -0.396. The van der Waals surface area contributed by atoms with E-state index in [-0.39, 0.29) is 10.8 Å². The number of hydrogen-bond acceptors (Lipinski definition) is 7. The Morgan fingerprint density at radius 3 is 2.55 bits per heavy atom. The Morgan fingerprint density at radius 2 is 2.09 bits per heavy atom. The molecule has 0 aromatic carbocycles. The van der Waals surface area contributed by atoms with E-state index in [1.54, 1.807) is 0 Å². The first-order chi connectivity index (χ1) is 10.2. The SMILES string of the molecule is CC(=O)N[C@@H](CSc1ncc([N+](=O)[O-])cc1C(=O)O)C(=O)O. The standard InChI is InChI=1S/C11H11N3O7S/c1-5(15)13-8(11(18)19)4-22-9-7(10(16)17)2-6(3-12-9)14(20)21/h2-3,8H,4H2,1H3,(H,13,15)(H,16,17)(H,18,19)/t8-/m0/s1. The molecule has 1 aromatic rings. The molecule has 0 saturated carbocycles. The lowest BCUT2D eigenvalue weighted by atomic mass is 10.3. The zero-order valence-electron chi connectivity index (χ0n) is 11.2. The molecule has 1 heterocycles. The minimum Gasteiger partial charge on any atom is -0.480 e. The van der Waals surface area contributed by atoms with Crippen LogP contribution in [0.3, 0.4) is 0 Å². The van der Waals surface area contributed by atoms with Crippen LogP contribution in [-0.4, -0.2) is 49.8 Å². The molecule has 22 heavy (non-hydrogen) atoms. The molecule has 1 aromatic heterocycles. The molecule has 1 amide bonds. The van der Waals surface area contributed by atoms with Gasteiger partial charge in [-0.15, -0.1) is 11.8 Å². The number of carbonyl (C=O) groups is 3. The smallest absolute Gasteiger partial charge is 0.338 e. The molecule has 0 unspecified atom stereocenters. The highest BCUT2D eigenvalue weighted by Crippen LogP contribution is 2.24. The fraction of sp³-hybridized carbons (Fsp3) is 0.273. The van der Waals surface area contributed by atoms with Gasteiger partial charge in [-0.2, -0.15) is 0 Å². The van der Waals surface area contributed by atoms with Crippen LogP contribution in [-0.2, 0) is 9.59 Å². The predicted octanol–water partition coefficient (Wildman–Crippen LogP) is 0.369. The quantitative estimate of drug-likeness (QED) is 0.364. The molecule has 118 valence electrons. The number of nitro groups is 1. The molecule has 0 radical (unpaired) electrons. The van der Waals surface area contributed by atoms with E-state index in [2.05, 4.69) is 10.3 Å². The second-order valence-corrected chi connectivity index (χ2v) is 5.02. The fourth-order valence-electron chi connectivity index (χ4n) is 1.39. The Labute approximate surface area is 127 Å². The summed E-state index contributed by atoms with van der Waals surface area (Å²) in [6.45, 7) is 1.15. The second kappa shape index (κ2) is 7.36. The van der Waals surface area contributed by atoms with Crippen LogP contribution >= 0.6 is 11.8 Å². The van der Waals surface area contributed by atoms with E-state index >= 15 is 0 Å². The van der Waals surface area contributed by atoms with Crippen LogP contribution in [0.4, 0.5) is 5.69 Å². The van der Waals surface area contributed by atoms with Gasteiger partial charge in [0.25, 0.3) is 5.69 Å². The van der Waals surface area contributed by atoms with Crippen LogP contribution in [0.15, 0.2) is 17.3 Å². The van der Waals surface area contributed by atoms with E-state index in [0.717, 1.165) is 30.9 Å². The second-order valence-electron chi connectivity index (χ2n) is 4.01. The summed E-state index contributed by atoms with van der Waals surface area (Å²) in [7, 11) is 0. The van der Waals surface area contributed by atoms with E-state index in [0.29, 0.717) is 0 Å². The Balaban J connectivity index is 2.97. The third kappa shape index (κ3) is 4.70. The van der Waals surface area contributed by atoms with Gasteiger partial charge in [-0.25, -0.2) is 14.6 Å². The molecule has 0 bridgehead atoms. The van der Waals surface area contributed by atoms with Crippen LogP contribution < -0.4 is 5.32 Å². The number of thioether (sulfide) groups is 1. The molecule has 10 nitrogen and oxygen atoms in total. The maximum absolute atomic E-state index is 11.1. The summed E-state index contributed by atoms with van der Waals surface area (Å²) < 4.78 is 0. The number of rotatable bonds is 7. The van der Waals surface area contributed by atoms with Crippen LogP contribution in [0.25, 0.3) is 0 Å². The highest BCUT2D eigenvalue weighted by Gasteiger charge is 2.22. The minimum atomic E-state index is -1.43. The van der Waals surface area contributed by atoms with Crippen molar-refractivity contribution in [3.8, 4) is 0 Å². The first-order valence-corrected chi connectivity index (χ1v) is 6.71. The van der Waals surface area contributed by atoms with Gasteiger partial charge in [0.05, 0.1) is 10.5 Å². The fourth-order valence-corrected chi connectivity index (χ4v) is 2.37. The Kier molecular flexibility index (Phi) is 5.81. The average Bonchev–Trinajstić information content (AvgIpc) is 2.42. The summed E-state index contributed by atoms with van der Waals surface area (Å²) in [5.41, 5.74) is -0.899. The maximum Gasteiger partial charge on any atom is 0.338 e. The third-order valence-electron chi connectivity index (χ3n) is 2.34. The van der Waals surface area contributed by atoms with E-state index in [1.165, 1.54) is 0 Å². The monoisotopic (exact) mass is 329 g/mol. The van der Waals surface area contributed by atoms with E-state index in [9.17, 15) is 24.5 Å². The highest BCUT2D eigenvalue weighted by atomic mass is 32.2. The number of aromatic nitrogens is 1. The molecule has 1 rings (SSSR count). The van der Waals surface area contributed by atoms with Crippen LogP contribution in [0.2, 0.25) is 0 Å². The van der Waals surface area contributed by atoms with Crippen molar-refractivity contribution in [3.05, 3.63) is 27.9 Å². The molecule has 1 atom stereocenters. The summed E-state index contributed by atoms with van der Waals surface area (Å²) in [5, 5.41) is 30.7. The van der Waals surface area contributed by atoms with Gasteiger partial charge in [0.2, 0.25) is 5.91 Å². The van der Waals surface area contributed by atoms with Gasteiger partial charge in [0, 0.05) is 18.7 Å². The average molecular weight is 329 g/mol. The summed E-state index contributed by atoms with van der Waals surface area (Å²) in [6.07, 6.45) is 0.878. The molecule has 0 spiro atoms. The molecule has 0 aliphatic carbocycles. The number of nitrogens with one attached hydrogen (secondary N) is 1. The van der Waals surface area contributed by atoms with Crippen molar-refractivity contribution >= 4 is 35.3 Å². The normalized spacial score (nSPS) is 11.5. The van der Waals surface area contributed by atoms with Gasteiger partial charge >= 0.3 is 11.9 Å². The van der Waals surface area contributed by atoms with Crippen molar-refractivity contribution in [2.75, 3.05) is 5.75 Å². The number of amides is 1. The summed E-state index contributed by atoms with van der Waals surface area (Å²) in [4.78, 5) is 46.4. The van der Waals surface area contributed by atoms with Gasteiger partial charge in [0.15, 0.2) is 0 Å². The molecule has 0 saturated heterocycles. The summed E-state index contributed by atoms with van der Waals surface area (Å²) >= 11 is 0.764. The lowest BCUT2D eigenvalue weighted by Gasteiger charge is -2.13. The molecule has 0 aliphatic rings. The zero-order valence-corrected chi connectivity index (χ0v) is 12.0. The lowest BCUT2D eigenvalue weighted by molar-refractivity contribution is -0.385. The Bertz CT molecular complexity index is 634. The van der Waals surface area contributed by atoms with E-state index < -0.39 is 40.1 Å². The molecule has 0 fully saturated rings. The summed E-state index contributed by atoms with van der Waals surface area (Å²) in [5.74, 6) is -3.45. The van der Waals surface area contributed by atoms with Crippen molar-refractivity contribution in [2.24, 2.45) is 0 Å². The van der Waals surface area contributed by atoms with Gasteiger partial charge < -0.3 is 15.5 Å². The van der Waals surface area contributed by atoms with E-state index in [4.69, 9.17) is 10.2 Å². The molecule has 0 aliphatic heterocycles. The Morgan fingerprint density at radius 1 is 1.45 bits per heavy atom. The van der Waals surface area contributed by atoms with Gasteiger partial charge in [-0.1, -0.05) is 0 Å².